The van der Waals surface area contributed by atoms with Crippen molar-refractivity contribution in [1.29, 1.82) is 0 Å². The molecule has 0 radical (unpaired) electrons. The van der Waals surface area contributed by atoms with Crippen molar-refractivity contribution < 1.29 is 19.1 Å². The lowest BCUT2D eigenvalue weighted by molar-refractivity contribution is -0.196. The minimum absolute atomic E-state index is 0.0610. The highest BCUT2D eigenvalue weighted by Gasteiger charge is 2.59. The fourth-order valence-corrected chi connectivity index (χ4v) is 3.95. The van der Waals surface area contributed by atoms with E-state index in [0.29, 0.717) is 25.4 Å². The zero-order valence-electron chi connectivity index (χ0n) is 10.7. The van der Waals surface area contributed by atoms with E-state index >= 15 is 0 Å². The Morgan fingerprint density at radius 1 is 1.11 bits per heavy atom. The molecule has 2 bridgehead atoms. The van der Waals surface area contributed by atoms with Crippen molar-refractivity contribution >= 4 is 11.8 Å². The summed E-state index contributed by atoms with van der Waals surface area (Å²) in [4.78, 5) is 26.0. The Labute approximate surface area is 111 Å². The maximum atomic E-state index is 12.3. The van der Waals surface area contributed by atoms with Gasteiger partial charge in [0.25, 0.3) is 11.8 Å². The fraction of sp³-hybridized carbons (Fsp3) is 0.846. The Morgan fingerprint density at radius 2 is 1.79 bits per heavy atom. The molecule has 0 aromatic rings. The zero-order valence-corrected chi connectivity index (χ0v) is 10.7. The van der Waals surface area contributed by atoms with Crippen LogP contribution in [0.2, 0.25) is 0 Å². The zero-order chi connectivity index (χ0) is 13.1. The van der Waals surface area contributed by atoms with Crippen LogP contribution in [-0.2, 0) is 19.1 Å². The van der Waals surface area contributed by atoms with Crippen molar-refractivity contribution in [2.24, 2.45) is 11.7 Å². The summed E-state index contributed by atoms with van der Waals surface area (Å²) in [5, 5.41) is 0. The minimum atomic E-state index is -0.447. The lowest BCUT2D eigenvalue weighted by Gasteiger charge is -2.56. The monoisotopic (exact) mass is 266 g/mol. The van der Waals surface area contributed by atoms with Gasteiger partial charge in [0.2, 0.25) is 0 Å². The predicted molar refractivity (Wildman–Crippen MR) is 64.0 cm³/mol. The molecule has 104 valence electrons. The molecule has 2 N–H and O–H groups in total. The number of nitrogens with two attached hydrogens (primary N) is 1. The summed E-state index contributed by atoms with van der Waals surface area (Å²) in [6.07, 6.45) is 2.37. The molecule has 2 amide bonds. The summed E-state index contributed by atoms with van der Waals surface area (Å²) in [6.45, 7) is 0.698. The van der Waals surface area contributed by atoms with Gasteiger partial charge in [0.05, 0.1) is 12.1 Å². The lowest BCUT2D eigenvalue weighted by Crippen LogP contribution is -2.75. The number of hydrogen-bond donors (Lipinski definition) is 1. The van der Waals surface area contributed by atoms with E-state index in [1.54, 1.807) is 0 Å². The van der Waals surface area contributed by atoms with E-state index < -0.39 is 12.2 Å². The standard InChI is InChI=1S/C13H18N2O4/c14-9-6-2-1-5-18-11(6)10(9)15-12(16)7-3-4-8(19-7)13(15)17/h6-11H,1-5,14H2. The van der Waals surface area contributed by atoms with Gasteiger partial charge >= 0.3 is 0 Å². The first-order valence-electron chi connectivity index (χ1n) is 7.08. The van der Waals surface area contributed by atoms with E-state index in [2.05, 4.69) is 0 Å². The highest BCUT2D eigenvalue weighted by molar-refractivity contribution is 6.03. The number of amides is 2. The number of likely N-dealkylation sites (tertiary alicyclic amines) is 1. The highest BCUT2D eigenvalue weighted by Crippen LogP contribution is 2.42. The molecule has 6 atom stereocenters. The van der Waals surface area contributed by atoms with Gasteiger partial charge in [0.1, 0.15) is 12.2 Å². The topological polar surface area (TPSA) is 81.9 Å². The molecule has 4 aliphatic rings. The van der Waals surface area contributed by atoms with Crippen molar-refractivity contribution in [3.05, 3.63) is 0 Å². The second-order valence-corrected chi connectivity index (χ2v) is 5.95. The van der Waals surface area contributed by atoms with Crippen molar-refractivity contribution in [2.75, 3.05) is 6.61 Å². The maximum Gasteiger partial charge on any atom is 0.258 e. The number of morpholine rings is 1. The smallest absolute Gasteiger partial charge is 0.258 e. The van der Waals surface area contributed by atoms with Gasteiger partial charge < -0.3 is 15.2 Å². The van der Waals surface area contributed by atoms with Crippen LogP contribution >= 0.6 is 0 Å². The number of fused-ring (bicyclic) bond motifs is 3. The second-order valence-electron chi connectivity index (χ2n) is 5.95. The molecule has 6 nitrogen and oxygen atoms in total. The SMILES string of the molecule is NC1C2CCCOC2C1N1C(=O)C2CCC(O2)C1=O. The molecule has 6 unspecified atom stereocenters. The number of hydrogen-bond acceptors (Lipinski definition) is 5. The van der Waals surface area contributed by atoms with E-state index in [4.69, 9.17) is 15.2 Å². The number of nitrogens with zero attached hydrogens (tertiary/aromatic N) is 1. The summed E-state index contributed by atoms with van der Waals surface area (Å²) in [7, 11) is 0. The molecule has 3 saturated heterocycles. The molecule has 4 fully saturated rings. The average Bonchev–Trinajstić information content (AvgIpc) is 2.88. The normalized spacial score (nSPS) is 49.0. The third kappa shape index (κ3) is 1.48. The summed E-state index contributed by atoms with van der Waals surface area (Å²) in [6, 6.07) is -0.423. The molecular formula is C13H18N2O4. The van der Waals surface area contributed by atoms with Crippen LogP contribution in [0, 0.1) is 5.92 Å². The Hall–Kier alpha value is -0.980. The third-order valence-corrected chi connectivity index (χ3v) is 4.98. The van der Waals surface area contributed by atoms with Gasteiger partial charge in [-0.15, -0.1) is 0 Å². The van der Waals surface area contributed by atoms with E-state index in [1.807, 2.05) is 0 Å². The summed E-state index contributed by atoms with van der Waals surface area (Å²) >= 11 is 0. The Morgan fingerprint density at radius 3 is 2.47 bits per heavy atom. The Bertz CT molecular complexity index is 418. The minimum Gasteiger partial charge on any atom is -0.376 e. The second kappa shape index (κ2) is 4.01. The van der Waals surface area contributed by atoms with E-state index in [1.165, 1.54) is 4.90 Å². The molecule has 0 aromatic heterocycles. The van der Waals surface area contributed by atoms with E-state index in [-0.39, 0.29) is 30.0 Å². The van der Waals surface area contributed by atoms with Crippen LogP contribution in [0.25, 0.3) is 0 Å². The van der Waals surface area contributed by atoms with E-state index in [9.17, 15) is 9.59 Å². The molecule has 4 rings (SSSR count). The molecule has 1 aliphatic carbocycles. The van der Waals surface area contributed by atoms with Crippen molar-refractivity contribution in [3.8, 4) is 0 Å². The molecule has 3 aliphatic heterocycles. The maximum absolute atomic E-state index is 12.3. The largest absolute Gasteiger partial charge is 0.376 e. The van der Waals surface area contributed by atoms with Gasteiger partial charge in [-0.05, 0) is 25.7 Å². The fourth-order valence-electron chi connectivity index (χ4n) is 3.95. The van der Waals surface area contributed by atoms with Gasteiger partial charge in [0.15, 0.2) is 0 Å². The van der Waals surface area contributed by atoms with E-state index in [0.717, 1.165) is 12.8 Å². The van der Waals surface area contributed by atoms with Crippen LogP contribution in [0.5, 0.6) is 0 Å². The van der Waals surface area contributed by atoms with Gasteiger partial charge in [-0.25, -0.2) is 0 Å². The molecular weight excluding hydrogens is 248 g/mol. The van der Waals surface area contributed by atoms with Gasteiger partial charge in [-0.1, -0.05) is 0 Å². The van der Waals surface area contributed by atoms with Crippen LogP contribution < -0.4 is 5.73 Å². The number of carbonyl (C=O) groups is 2. The molecule has 3 heterocycles. The van der Waals surface area contributed by atoms with Crippen molar-refractivity contribution in [1.82, 2.24) is 4.90 Å². The summed E-state index contributed by atoms with van der Waals surface area (Å²) in [5.41, 5.74) is 6.18. The summed E-state index contributed by atoms with van der Waals surface area (Å²) < 4.78 is 11.2. The Balaban J connectivity index is 1.61. The predicted octanol–water partition coefficient (Wildman–Crippen LogP) is -0.592. The van der Waals surface area contributed by atoms with Crippen LogP contribution in [0.3, 0.4) is 0 Å². The molecule has 0 spiro atoms. The number of ether oxygens (including phenoxy) is 2. The van der Waals surface area contributed by atoms with Gasteiger partial charge in [0, 0.05) is 18.6 Å². The Kier molecular flexibility index (Phi) is 2.49. The number of imide groups is 1. The molecule has 0 aromatic carbocycles. The van der Waals surface area contributed by atoms with Crippen LogP contribution in [-0.4, -0.2) is 53.7 Å². The highest BCUT2D eigenvalue weighted by atomic mass is 16.5. The first kappa shape index (κ1) is 11.8. The first-order valence-corrected chi connectivity index (χ1v) is 7.08. The van der Waals surface area contributed by atoms with Crippen molar-refractivity contribution in [2.45, 2.75) is 56.1 Å². The van der Waals surface area contributed by atoms with Crippen molar-refractivity contribution in [3.63, 3.8) is 0 Å². The van der Waals surface area contributed by atoms with Crippen LogP contribution in [0.4, 0.5) is 0 Å². The quantitative estimate of drug-likeness (QED) is 0.641. The molecule has 19 heavy (non-hydrogen) atoms. The molecule has 6 heteroatoms. The van der Waals surface area contributed by atoms with Crippen LogP contribution in [0.15, 0.2) is 0 Å². The number of carbonyl (C=O) groups excluding carboxylic acids is 2. The first-order chi connectivity index (χ1) is 9.18. The lowest BCUT2D eigenvalue weighted by atomic mass is 9.67. The molecule has 1 saturated carbocycles. The van der Waals surface area contributed by atoms with Gasteiger partial charge in [-0.3, -0.25) is 14.5 Å². The van der Waals surface area contributed by atoms with Gasteiger partial charge in [-0.2, -0.15) is 0 Å². The average molecular weight is 266 g/mol. The number of rotatable bonds is 1. The summed E-state index contributed by atoms with van der Waals surface area (Å²) in [5.74, 6) is -0.140. The van der Waals surface area contributed by atoms with Crippen LogP contribution in [0.1, 0.15) is 25.7 Å². The third-order valence-electron chi connectivity index (χ3n) is 4.98.